The fourth-order valence-electron chi connectivity index (χ4n) is 3.90. The van der Waals surface area contributed by atoms with E-state index in [4.69, 9.17) is 0 Å². The van der Waals surface area contributed by atoms with Gasteiger partial charge in [0, 0.05) is 0 Å². The summed E-state index contributed by atoms with van der Waals surface area (Å²) in [7, 11) is 0. The van der Waals surface area contributed by atoms with Crippen LogP contribution >= 0.6 is 0 Å². The Morgan fingerprint density at radius 2 is 1.67 bits per heavy atom. The molecule has 0 bridgehead atoms. The van der Waals surface area contributed by atoms with Gasteiger partial charge in [-0.2, -0.15) is 0 Å². The fraction of sp³-hybridized carbons (Fsp3) is 0.889. The quantitative estimate of drug-likeness (QED) is 0.347. The van der Waals surface area contributed by atoms with Crippen LogP contribution in [-0.2, 0) is 0 Å². The standard InChI is InChI=1S/C18H34/c1-6-7-8-9-10-11-12-14(2)18-16(4)13-15(3)17(18)5/h14,16,18H,6-13H2,1-5H3. The van der Waals surface area contributed by atoms with Gasteiger partial charge >= 0.3 is 0 Å². The van der Waals surface area contributed by atoms with E-state index in [2.05, 4.69) is 34.6 Å². The van der Waals surface area contributed by atoms with Crippen LogP contribution < -0.4 is 0 Å². The third kappa shape index (κ3) is 4.44. The predicted octanol–water partition coefficient (Wildman–Crippen LogP) is 6.37. The summed E-state index contributed by atoms with van der Waals surface area (Å²) in [6, 6.07) is 0. The Hall–Kier alpha value is -0.260. The summed E-state index contributed by atoms with van der Waals surface area (Å²) >= 11 is 0. The van der Waals surface area contributed by atoms with Gasteiger partial charge in [-0.15, -0.1) is 0 Å². The maximum atomic E-state index is 2.48. The first-order valence-corrected chi connectivity index (χ1v) is 8.24. The summed E-state index contributed by atoms with van der Waals surface area (Å²) in [5.74, 6) is 2.66. The van der Waals surface area contributed by atoms with Crippen molar-refractivity contribution in [1.82, 2.24) is 0 Å². The lowest BCUT2D eigenvalue weighted by molar-refractivity contribution is 0.298. The monoisotopic (exact) mass is 250 g/mol. The summed E-state index contributed by atoms with van der Waals surface area (Å²) in [6.45, 7) is 11.9. The van der Waals surface area contributed by atoms with Gasteiger partial charge in [-0.3, -0.25) is 0 Å². The van der Waals surface area contributed by atoms with Crippen LogP contribution in [0, 0.1) is 17.8 Å². The summed E-state index contributed by atoms with van der Waals surface area (Å²) in [5, 5.41) is 0. The van der Waals surface area contributed by atoms with Gasteiger partial charge < -0.3 is 0 Å². The number of unbranched alkanes of at least 4 members (excludes halogenated alkanes) is 5. The maximum absolute atomic E-state index is 2.48. The number of hydrogen-bond donors (Lipinski definition) is 0. The molecule has 18 heavy (non-hydrogen) atoms. The summed E-state index contributed by atoms with van der Waals surface area (Å²) in [5.41, 5.74) is 3.38. The van der Waals surface area contributed by atoms with Gasteiger partial charge in [-0.05, 0) is 38.0 Å². The molecule has 106 valence electrons. The van der Waals surface area contributed by atoms with Gasteiger partial charge in [0.2, 0.25) is 0 Å². The van der Waals surface area contributed by atoms with Crippen LogP contribution in [0.4, 0.5) is 0 Å². The smallest absolute Gasteiger partial charge is 0.0149 e. The molecule has 0 saturated carbocycles. The van der Waals surface area contributed by atoms with E-state index in [0.717, 1.165) is 17.8 Å². The highest BCUT2D eigenvalue weighted by atomic mass is 14.4. The number of allylic oxidation sites excluding steroid dienone is 2. The van der Waals surface area contributed by atoms with E-state index in [1.165, 1.54) is 51.4 Å². The average molecular weight is 250 g/mol. The van der Waals surface area contributed by atoms with Crippen molar-refractivity contribution in [3.8, 4) is 0 Å². The lowest BCUT2D eigenvalue weighted by atomic mass is 9.80. The van der Waals surface area contributed by atoms with Crippen LogP contribution in [0.3, 0.4) is 0 Å². The molecule has 0 aliphatic heterocycles. The molecule has 1 aliphatic carbocycles. The molecular formula is C18H34. The van der Waals surface area contributed by atoms with Gasteiger partial charge in [0.05, 0.1) is 0 Å². The van der Waals surface area contributed by atoms with E-state index >= 15 is 0 Å². The zero-order chi connectivity index (χ0) is 13.5. The van der Waals surface area contributed by atoms with E-state index in [1.54, 1.807) is 11.1 Å². The molecule has 3 atom stereocenters. The summed E-state index contributed by atoms with van der Waals surface area (Å²) < 4.78 is 0. The second-order valence-corrected chi connectivity index (χ2v) is 6.70. The third-order valence-electron chi connectivity index (χ3n) is 5.04. The summed E-state index contributed by atoms with van der Waals surface area (Å²) in [6.07, 6.45) is 11.4. The van der Waals surface area contributed by atoms with Crippen molar-refractivity contribution in [2.24, 2.45) is 17.8 Å². The Balaban J connectivity index is 2.22. The van der Waals surface area contributed by atoms with Gasteiger partial charge in [-0.1, -0.05) is 76.9 Å². The van der Waals surface area contributed by atoms with Crippen LogP contribution in [-0.4, -0.2) is 0 Å². The molecule has 0 nitrogen and oxygen atoms in total. The van der Waals surface area contributed by atoms with Gasteiger partial charge in [0.1, 0.15) is 0 Å². The highest BCUT2D eigenvalue weighted by Gasteiger charge is 2.30. The Bertz CT molecular complexity index is 261. The predicted molar refractivity (Wildman–Crippen MR) is 82.8 cm³/mol. The third-order valence-corrected chi connectivity index (χ3v) is 5.04. The zero-order valence-electron chi connectivity index (χ0n) is 13.4. The Morgan fingerprint density at radius 3 is 2.22 bits per heavy atom. The second kappa shape index (κ2) is 8.02. The van der Waals surface area contributed by atoms with E-state index < -0.39 is 0 Å². The molecule has 1 aliphatic rings. The minimum absolute atomic E-state index is 0.876. The van der Waals surface area contributed by atoms with Crippen molar-refractivity contribution in [2.45, 2.75) is 86.0 Å². The van der Waals surface area contributed by atoms with Crippen LogP contribution in [0.25, 0.3) is 0 Å². The Morgan fingerprint density at radius 1 is 1.06 bits per heavy atom. The van der Waals surface area contributed by atoms with Crippen LogP contribution in [0.5, 0.6) is 0 Å². The van der Waals surface area contributed by atoms with Crippen molar-refractivity contribution >= 4 is 0 Å². The van der Waals surface area contributed by atoms with Crippen LogP contribution in [0.15, 0.2) is 11.1 Å². The molecule has 0 heterocycles. The number of rotatable bonds is 8. The SMILES string of the molecule is CCCCCCCCC(C)C1C(C)=C(C)CC1C. The first kappa shape index (κ1) is 15.8. The molecule has 0 aromatic rings. The summed E-state index contributed by atoms with van der Waals surface area (Å²) in [4.78, 5) is 0. The van der Waals surface area contributed by atoms with Crippen molar-refractivity contribution < 1.29 is 0 Å². The van der Waals surface area contributed by atoms with E-state index in [-0.39, 0.29) is 0 Å². The molecule has 0 heteroatoms. The van der Waals surface area contributed by atoms with E-state index in [9.17, 15) is 0 Å². The normalized spacial score (nSPS) is 25.8. The first-order valence-electron chi connectivity index (χ1n) is 8.24. The van der Waals surface area contributed by atoms with Crippen LogP contribution in [0.1, 0.15) is 86.0 Å². The minimum Gasteiger partial charge on any atom is -0.0738 e. The Kier molecular flexibility index (Phi) is 7.04. The molecule has 3 unspecified atom stereocenters. The first-order chi connectivity index (χ1) is 8.57. The van der Waals surface area contributed by atoms with Crippen molar-refractivity contribution in [2.75, 3.05) is 0 Å². The van der Waals surface area contributed by atoms with E-state index in [0.29, 0.717) is 0 Å². The largest absolute Gasteiger partial charge is 0.0738 e. The molecule has 0 N–H and O–H groups in total. The van der Waals surface area contributed by atoms with Crippen LogP contribution in [0.2, 0.25) is 0 Å². The molecule has 0 spiro atoms. The highest BCUT2D eigenvalue weighted by molar-refractivity contribution is 5.21. The van der Waals surface area contributed by atoms with Crippen molar-refractivity contribution in [3.63, 3.8) is 0 Å². The topological polar surface area (TPSA) is 0 Å². The number of hydrogen-bond acceptors (Lipinski definition) is 0. The van der Waals surface area contributed by atoms with Crippen molar-refractivity contribution in [3.05, 3.63) is 11.1 Å². The fourth-order valence-corrected chi connectivity index (χ4v) is 3.90. The van der Waals surface area contributed by atoms with Crippen molar-refractivity contribution in [1.29, 1.82) is 0 Å². The van der Waals surface area contributed by atoms with E-state index in [1.807, 2.05) is 0 Å². The lowest BCUT2D eigenvalue weighted by Gasteiger charge is -2.25. The molecule has 0 fully saturated rings. The molecular weight excluding hydrogens is 216 g/mol. The lowest BCUT2D eigenvalue weighted by Crippen LogP contribution is -2.16. The molecule has 0 aromatic carbocycles. The average Bonchev–Trinajstić information content (AvgIpc) is 2.58. The molecule has 1 rings (SSSR count). The van der Waals surface area contributed by atoms with Gasteiger partial charge in [-0.25, -0.2) is 0 Å². The molecule has 0 saturated heterocycles. The maximum Gasteiger partial charge on any atom is -0.0149 e. The Labute approximate surface area is 115 Å². The van der Waals surface area contributed by atoms with Gasteiger partial charge in [0.15, 0.2) is 0 Å². The molecule has 0 amide bonds. The highest BCUT2D eigenvalue weighted by Crippen LogP contribution is 2.42. The molecule has 0 radical (unpaired) electrons. The second-order valence-electron chi connectivity index (χ2n) is 6.70. The minimum atomic E-state index is 0.876. The zero-order valence-corrected chi connectivity index (χ0v) is 13.4. The van der Waals surface area contributed by atoms with Gasteiger partial charge in [0.25, 0.3) is 0 Å². The molecule has 0 aromatic heterocycles.